The predicted molar refractivity (Wildman–Crippen MR) is 94.4 cm³/mol. The number of carbonyl (C=O) groups excluding carboxylic acids is 1. The number of carbonyl (C=O) groups is 1. The Balaban J connectivity index is 0.00000288. The van der Waals surface area contributed by atoms with Gasteiger partial charge in [-0.2, -0.15) is 0 Å². The van der Waals surface area contributed by atoms with Gasteiger partial charge >= 0.3 is 0 Å². The van der Waals surface area contributed by atoms with Crippen molar-refractivity contribution in [2.75, 3.05) is 19.8 Å². The maximum Gasteiger partial charge on any atom is 0.240 e. The fraction of sp³-hybridized carbons (Fsp3) is 0.588. The van der Waals surface area contributed by atoms with Gasteiger partial charge in [-0.05, 0) is 44.4 Å². The summed E-state index contributed by atoms with van der Waals surface area (Å²) in [5, 5.41) is 13.0. The van der Waals surface area contributed by atoms with Gasteiger partial charge in [0.1, 0.15) is 5.75 Å². The molecule has 0 aromatic heterocycles. The number of benzene rings is 1. The van der Waals surface area contributed by atoms with E-state index in [1.165, 1.54) is 0 Å². The number of amides is 1. The summed E-state index contributed by atoms with van der Waals surface area (Å²) in [7, 11) is 0. The molecular formula is C17H27ClN2O4. The highest BCUT2D eigenvalue weighted by Crippen LogP contribution is 2.21. The molecule has 0 saturated carbocycles. The number of rotatable bonds is 6. The smallest absolute Gasteiger partial charge is 0.240 e. The molecular weight excluding hydrogens is 332 g/mol. The van der Waals surface area contributed by atoms with Crippen LogP contribution < -0.4 is 15.8 Å². The predicted octanol–water partition coefficient (Wildman–Crippen LogP) is 1.55. The summed E-state index contributed by atoms with van der Waals surface area (Å²) >= 11 is 0. The quantitative estimate of drug-likeness (QED) is 0.717. The van der Waals surface area contributed by atoms with Gasteiger partial charge in [0.25, 0.3) is 0 Å². The Morgan fingerprint density at radius 3 is 2.71 bits per heavy atom. The van der Waals surface area contributed by atoms with Crippen molar-refractivity contribution >= 4 is 18.3 Å². The Labute approximate surface area is 149 Å². The average Bonchev–Trinajstić information content (AvgIpc) is 2.52. The van der Waals surface area contributed by atoms with E-state index in [1.807, 2.05) is 26.0 Å². The van der Waals surface area contributed by atoms with Crippen molar-refractivity contribution < 1.29 is 19.4 Å². The Bertz CT molecular complexity index is 533. The van der Waals surface area contributed by atoms with Crippen molar-refractivity contribution in [1.82, 2.24) is 5.32 Å². The van der Waals surface area contributed by atoms with E-state index in [9.17, 15) is 9.90 Å². The van der Waals surface area contributed by atoms with Crippen molar-refractivity contribution in [3.05, 3.63) is 29.8 Å². The molecule has 6 nitrogen and oxygen atoms in total. The molecule has 1 amide bonds. The summed E-state index contributed by atoms with van der Waals surface area (Å²) < 4.78 is 10.8. The van der Waals surface area contributed by atoms with Crippen LogP contribution in [-0.2, 0) is 9.53 Å². The van der Waals surface area contributed by atoms with Crippen LogP contribution in [0.25, 0.3) is 0 Å². The fourth-order valence-electron chi connectivity index (χ4n) is 2.51. The molecule has 0 aliphatic carbocycles. The molecule has 7 heteroatoms. The number of hydrogen-bond acceptors (Lipinski definition) is 5. The number of hydrogen-bond donors (Lipinski definition) is 3. The molecule has 2 rings (SSSR count). The van der Waals surface area contributed by atoms with E-state index in [1.54, 1.807) is 12.1 Å². The Kier molecular flexibility index (Phi) is 7.96. The van der Waals surface area contributed by atoms with Gasteiger partial charge in [-0.15, -0.1) is 12.4 Å². The summed E-state index contributed by atoms with van der Waals surface area (Å²) in [6.45, 7) is 4.97. The third-order valence-electron chi connectivity index (χ3n) is 3.91. The van der Waals surface area contributed by atoms with E-state index < -0.39 is 11.6 Å². The summed E-state index contributed by atoms with van der Waals surface area (Å²) in [6.07, 6.45) is 0.241. The molecule has 1 atom stereocenters. The van der Waals surface area contributed by atoms with E-state index in [0.717, 1.165) is 0 Å². The van der Waals surface area contributed by atoms with E-state index in [4.69, 9.17) is 15.2 Å². The molecule has 1 aliphatic rings. The van der Waals surface area contributed by atoms with Crippen molar-refractivity contribution in [3.8, 4) is 5.75 Å². The standard InChI is InChI=1S/C17H26N2O4.ClH/c1-12(2)23-14-5-3-4-13(10-14)15(20)11-19-16(21)17(18)6-8-22-9-7-17;/h3-5,10,12,15,20H,6-9,11,18H2,1-2H3,(H,19,21);1H. The van der Waals surface area contributed by atoms with E-state index >= 15 is 0 Å². The number of aliphatic hydroxyl groups excluding tert-OH is 1. The lowest BCUT2D eigenvalue weighted by Gasteiger charge is -2.32. The first kappa shape index (κ1) is 20.7. The largest absolute Gasteiger partial charge is 0.491 e. The van der Waals surface area contributed by atoms with Gasteiger partial charge in [0.15, 0.2) is 0 Å². The third kappa shape index (κ3) is 5.63. The molecule has 1 saturated heterocycles. The van der Waals surface area contributed by atoms with Crippen molar-refractivity contribution in [3.63, 3.8) is 0 Å². The maximum atomic E-state index is 12.2. The number of nitrogens with two attached hydrogens (primary N) is 1. The molecule has 1 heterocycles. The van der Waals surface area contributed by atoms with Crippen LogP contribution in [0.5, 0.6) is 5.75 Å². The first-order valence-corrected chi connectivity index (χ1v) is 8.00. The van der Waals surface area contributed by atoms with Gasteiger partial charge in [0, 0.05) is 19.8 Å². The van der Waals surface area contributed by atoms with Crippen LogP contribution in [0.1, 0.15) is 38.4 Å². The highest BCUT2D eigenvalue weighted by Gasteiger charge is 2.35. The second kappa shape index (κ2) is 9.22. The lowest BCUT2D eigenvalue weighted by Crippen LogP contribution is -2.57. The Morgan fingerprint density at radius 1 is 1.42 bits per heavy atom. The minimum atomic E-state index is -0.902. The topological polar surface area (TPSA) is 93.8 Å². The van der Waals surface area contributed by atoms with Crippen molar-refractivity contribution in [2.45, 2.75) is 44.4 Å². The van der Waals surface area contributed by atoms with Crippen LogP contribution in [0.4, 0.5) is 0 Å². The van der Waals surface area contributed by atoms with Crippen molar-refractivity contribution in [2.24, 2.45) is 5.73 Å². The van der Waals surface area contributed by atoms with Gasteiger partial charge in [0.2, 0.25) is 5.91 Å². The second-order valence-corrected chi connectivity index (χ2v) is 6.23. The van der Waals surface area contributed by atoms with Gasteiger partial charge in [-0.3, -0.25) is 4.79 Å². The molecule has 1 aromatic rings. The van der Waals surface area contributed by atoms with E-state index in [0.29, 0.717) is 37.4 Å². The van der Waals surface area contributed by atoms with Gasteiger partial charge in [-0.1, -0.05) is 12.1 Å². The highest BCUT2D eigenvalue weighted by molar-refractivity contribution is 5.86. The number of halogens is 1. The van der Waals surface area contributed by atoms with Crippen LogP contribution in [0, 0.1) is 0 Å². The molecule has 136 valence electrons. The third-order valence-corrected chi connectivity index (χ3v) is 3.91. The SMILES string of the molecule is CC(C)Oc1cccc(C(O)CNC(=O)C2(N)CCOCC2)c1.Cl. The average molecular weight is 359 g/mol. The van der Waals surface area contributed by atoms with Crippen LogP contribution in [0.15, 0.2) is 24.3 Å². The fourth-order valence-corrected chi connectivity index (χ4v) is 2.51. The summed E-state index contributed by atoms with van der Waals surface area (Å²) in [5.41, 5.74) is 5.91. The molecule has 1 unspecified atom stereocenters. The zero-order valence-corrected chi connectivity index (χ0v) is 15.0. The summed E-state index contributed by atoms with van der Waals surface area (Å²) in [5.74, 6) is 0.456. The minimum Gasteiger partial charge on any atom is -0.491 e. The number of nitrogens with one attached hydrogen (secondary N) is 1. The minimum absolute atomic E-state index is 0. The first-order valence-electron chi connectivity index (χ1n) is 8.00. The second-order valence-electron chi connectivity index (χ2n) is 6.23. The van der Waals surface area contributed by atoms with Gasteiger partial charge < -0.3 is 25.6 Å². The normalized spacial score (nSPS) is 17.7. The zero-order chi connectivity index (χ0) is 16.9. The maximum absolute atomic E-state index is 12.2. The molecule has 1 aromatic carbocycles. The molecule has 0 bridgehead atoms. The van der Waals surface area contributed by atoms with Gasteiger partial charge in [0.05, 0.1) is 17.7 Å². The Hall–Kier alpha value is -1.34. The lowest BCUT2D eigenvalue weighted by atomic mass is 9.90. The van der Waals surface area contributed by atoms with Crippen LogP contribution in [0.3, 0.4) is 0 Å². The molecule has 0 spiro atoms. The number of aliphatic hydroxyl groups is 1. The highest BCUT2D eigenvalue weighted by atomic mass is 35.5. The van der Waals surface area contributed by atoms with Crippen LogP contribution >= 0.6 is 12.4 Å². The summed E-state index contributed by atoms with van der Waals surface area (Å²) in [4.78, 5) is 12.2. The zero-order valence-electron chi connectivity index (χ0n) is 14.2. The molecule has 0 radical (unpaired) electrons. The number of ether oxygens (including phenoxy) is 2. The van der Waals surface area contributed by atoms with Crippen molar-refractivity contribution in [1.29, 1.82) is 0 Å². The first-order chi connectivity index (χ1) is 10.9. The van der Waals surface area contributed by atoms with E-state index in [2.05, 4.69) is 5.32 Å². The van der Waals surface area contributed by atoms with Crippen LogP contribution in [0.2, 0.25) is 0 Å². The monoisotopic (exact) mass is 358 g/mol. The molecule has 4 N–H and O–H groups in total. The lowest BCUT2D eigenvalue weighted by molar-refractivity contribution is -0.130. The summed E-state index contributed by atoms with van der Waals surface area (Å²) in [6, 6.07) is 7.24. The van der Waals surface area contributed by atoms with E-state index in [-0.39, 0.29) is 31.0 Å². The molecule has 1 fully saturated rings. The molecule has 24 heavy (non-hydrogen) atoms. The molecule has 1 aliphatic heterocycles. The Morgan fingerprint density at radius 2 is 2.08 bits per heavy atom. The van der Waals surface area contributed by atoms with Crippen LogP contribution in [-0.4, -0.2) is 42.4 Å². The van der Waals surface area contributed by atoms with Gasteiger partial charge in [-0.25, -0.2) is 0 Å².